The molecule has 0 bridgehead atoms. The van der Waals surface area contributed by atoms with Crippen LogP contribution >= 0.6 is 11.3 Å². The fourth-order valence-corrected chi connectivity index (χ4v) is 3.53. The van der Waals surface area contributed by atoms with Crippen molar-refractivity contribution in [2.75, 3.05) is 6.54 Å². The van der Waals surface area contributed by atoms with E-state index in [0.717, 1.165) is 10.9 Å². The molecule has 3 N–H and O–H groups in total. The van der Waals surface area contributed by atoms with Crippen molar-refractivity contribution in [1.82, 2.24) is 10.3 Å². The number of nitrogens with one attached hydrogen (secondary N) is 1. The third-order valence-electron chi connectivity index (χ3n) is 4.22. The Bertz CT molecular complexity index is 866. The number of carbonyl (C=O) groups is 1. The van der Waals surface area contributed by atoms with Gasteiger partial charge in [-0.2, -0.15) is 8.78 Å². The van der Waals surface area contributed by atoms with Gasteiger partial charge in [0.15, 0.2) is 0 Å². The summed E-state index contributed by atoms with van der Waals surface area (Å²) in [4.78, 5) is 18.8. The predicted molar refractivity (Wildman–Crippen MR) is 97.5 cm³/mol. The topological polar surface area (TPSA) is 89.6 Å². The van der Waals surface area contributed by atoms with E-state index in [4.69, 9.17) is 10.5 Å². The molecule has 6 nitrogen and oxygen atoms in total. The largest absolute Gasteiger partial charge is 0.489 e. The van der Waals surface area contributed by atoms with Crippen LogP contribution in [-0.2, 0) is 4.79 Å². The number of thiazole rings is 1. The zero-order chi connectivity index (χ0) is 18.7. The molecule has 9 heteroatoms. The maximum atomic E-state index is 12.4. The first kappa shape index (κ1) is 18.2. The highest BCUT2D eigenvalue weighted by molar-refractivity contribution is 7.17. The van der Waals surface area contributed by atoms with Crippen LogP contribution in [0.4, 0.5) is 8.78 Å². The molecule has 1 aliphatic rings. The van der Waals surface area contributed by atoms with Crippen LogP contribution in [0.1, 0.15) is 18.9 Å². The number of nitrogens with two attached hydrogens (primary N) is 1. The molecule has 3 rings (SSSR count). The molecule has 0 unspecified atom stereocenters. The Kier molecular flexibility index (Phi) is 5.46. The van der Waals surface area contributed by atoms with Crippen LogP contribution in [0.3, 0.4) is 0 Å². The fourth-order valence-electron chi connectivity index (χ4n) is 2.80. The number of ether oxygens (including phenoxy) is 1. The van der Waals surface area contributed by atoms with Crippen LogP contribution in [0.2, 0.25) is 0 Å². The summed E-state index contributed by atoms with van der Waals surface area (Å²) in [5.41, 5.74) is 8.87. The Morgan fingerprint density at radius 1 is 1.54 bits per heavy atom. The molecule has 1 fully saturated rings. The number of nitrogens with zero attached hydrogens (tertiary/aromatic N) is 2. The number of benzene rings is 1. The Hall–Kier alpha value is -2.55. The van der Waals surface area contributed by atoms with Crippen LogP contribution in [0.25, 0.3) is 15.8 Å². The Labute approximate surface area is 152 Å². The molecule has 1 aromatic heterocycles. The van der Waals surface area contributed by atoms with Crippen molar-refractivity contribution in [2.24, 2.45) is 16.6 Å². The second-order valence-electron chi connectivity index (χ2n) is 5.94. The molecule has 2 heterocycles. The van der Waals surface area contributed by atoms with Crippen LogP contribution in [-0.4, -0.2) is 36.3 Å². The molecule has 0 saturated carbocycles. The van der Waals surface area contributed by atoms with Crippen LogP contribution in [0.15, 0.2) is 28.8 Å². The smallest absolute Gasteiger partial charge is 0.331 e. The third-order valence-corrected chi connectivity index (χ3v) is 5.08. The Morgan fingerprint density at radius 2 is 2.35 bits per heavy atom. The number of carbonyl (C=O) groups excluding carboxylic acids is 1. The van der Waals surface area contributed by atoms with Gasteiger partial charge in [0.2, 0.25) is 5.91 Å². The van der Waals surface area contributed by atoms with Crippen LogP contribution in [0.5, 0.6) is 5.75 Å². The zero-order valence-electron chi connectivity index (χ0n) is 14.0. The van der Waals surface area contributed by atoms with Gasteiger partial charge < -0.3 is 15.8 Å². The van der Waals surface area contributed by atoms with Crippen molar-refractivity contribution >= 4 is 39.2 Å². The summed E-state index contributed by atoms with van der Waals surface area (Å²) >= 11 is 1.42. The lowest BCUT2D eigenvalue weighted by molar-refractivity contribution is -0.119. The molecule has 0 aliphatic carbocycles. The van der Waals surface area contributed by atoms with Gasteiger partial charge in [0.1, 0.15) is 11.9 Å². The minimum Gasteiger partial charge on any atom is -0.489 e. The average molecular weight is 380 g/mol. The molecule has 0 spiro atoms. The molecule has 1 aromatic carbocycles. The molecule has 2 atom stereocenters. The Balaban J connectivity index is 1.92. The van der Waals surface area contributed by atoms with Crippen molar-refractivity contribution in [3.63, 3.8) is 0 Å². The van der Waals surface area contributed by atoms with E-state index >= 15 is 0 Å². The van der Waals surface area contributed by atoms with Gasteiger partial charge in [0, 0.05) is 36.9 Å². The van der Waals surface area contributed by atoms with Crippen molar-refractivity contribution < 1.29 is 18.3 Å². The summed E-state index contributed by atoms with van der Waals surface area (Å²) in [5.74, 6) is 0.661. The van der Waals surface area contributed by atoms with Crippen molar-refractivity contribution in [3.05, 3.63) is 29.4 Å². The first-order valence-electron chi connectivity index (χ1n) is 8.02. The lowest BCUT2D eigenvalue weighted by Crippen LogP contribution is -2.25. The van der Waals surface area contributed by atoms with Gasteiger partial charge in [0.25, 0.3) is 0 Å². The van der Waals surface area contributed by atoms with E-state index in [1.165, 1.54) is 17.5 Å². The fraction of sp³-hybridized carbons (Fsp3) is 0.353. The number of fused-ring (bicyclic) bond motifs is 1. The number of hydrogen-bond donors (Lipinski definition) is 2. The molecular weight excluding hydrogens is 362 g/mol. The monoisotopic (exact) mass is 380 g/mol. The van der Waals surface area contributed by atoms with Crippen LogP contribution in [0, 0.1) is 5.92 Å². The van der Waals surface area contributed by atoms with Gasteiger partial charge in [-0.3, -0.25) is 4.79 Å². The maximum absolute atomic E-state index is 12.4. The molecular formula is C17H18F2N4O2S. The van der Waals surface area contributed by atoms with E-state index < -0.39 is 6.55 Å². The molecule has 1 aliphatic heterocycles. The number of amides is 1. The number of allylic oxidation sites excluding steroid dienone is 1. The summed E-state index contributed by atoms with van der Waals surface area (Å²) < 4.78 is 31.7. The van der Waals surface area contributed by atoms with Crippen molar-refractivity contribution in [3.8, 4) is 5.75 Å². The van der Waals surface area contributed by atoms with E-state index in [0.29, 0.717) is 35.4 Å². The summed E-state index contributed by atoms with van der Waals surface area (Å²) in [7, 11) is 0. The third kappa shape index (κ3) is 3.98. The second kappa shape index (κ2) is 7.77. The molecule has 0 radical (unpaired) electrons. The van der Waals surface area contributed by atoms with Crippen molar-refractivity contribution in [2.45, 2.75) is 26.0 Å². The van der Waals surface area contributed by atoms with E-state index in [9.17, 15) is 13.6 Å². The quantitative estimate of drug-likeness (QED) is 0.596. The number of alkyl halides is 2. The van der Waals surface area contributed by atoms with Crippen molar-refractivity contribution in [1.29, 1.82) is 0 Å². The van der Waals surface area contributed by atoms with Gasteiger partial charge in [-0.05, 0) is 24.6 Å². The molecule has 2 aromatic rings. The highest BCUT2D eigenvalue weighted by Crippen LogP contribution is 2.34. The van der Waals surface area contributed by atoms with Gasteiger partial charge in [0.05, 0.1) is 15.7 Å². The lowest BCUT2D eigenvalue weighted by Gasteiger charge is -2.20. The van der Waals surface area contributed by atoms with E-state index in [2.05, 4.69) is 15.3 Å². The standard InChI is InChI=1S/C17H18F2N4O2S/c1-9(11-4-15(24)21-6-11)25-14-3-10(2-13-16(14)26-8-23-13)12(5-20)7-22-17(18)19/h2-3,5,7-9,11,17H,4,6,20H2,1H3,(H,21,24)/t9-,11-/m1/s1. The first-order valence-corrected chi connectivity index (χ1v) is 8.90. The summed E-state index contributed by atoms with van der Waals surface area (Å²) in [6.07, 6.45) is 2.47. The second-order valence-corrected chi connectivity index (χ2v) is 6.80. The molecule has 1 saturated heterocycles. The summed E-state index contributed by atoms with van der Waals surface area (Å²) in [6, 6.07) is 3.48. The normalized spacial score (nSPS) is 19.5. The summed E-state index contributed by atoms with van der Waals surface area (Å²) in [5, 5.41) is 2.79. The van der Waals surface area contributed by atoms with Gasteiger partial charge in [-0.1, -0.05) is 0 Å². The summed E-state index contributed by atoms with van der Waals surface area (Å²) in [6.45, 7) is -0.334. The predicted octanol–water partition coefficient (Wildman–Crippen LogP) is 2.79. The van der Waals surface area contributed by atoms with Gasteiger partial charge in [-0.15, -0.1) is 11.3 Å². The molecule has 138 valence electrons. The number of aromatic nitrogens is 1. The number of hydrogen-bond acceptors (Lipinski definition) is 6. The van der Waals surface area contributed by atoms with Gasteiger partial charge >= 0.3 is 6.55 Å². The highest BCUT2D eigenvalue weighted by atomic mass is 32.1. The SMILES string of the molecule is C[C@@H](Oc1cc(C(C=NC(F)F)=CN)cc2ncsc12)[C@H]1CNC(=O)C1. The van der Waals surface area contributed by atoms with Gasteiger partial charge in [-0.25, -0.2) is 9.98 Å². The number of rotatable bonds is 6. The Morgan fingerprint density at radius 3 is 3.00 bits per heavy atom. The molecule has 1 amide bonds. The number of halogens is 2. The van der Waals surface area contributed by atoms with Crippen LogP contribution < -0.4 is 15.8 Å². The molecule has 26 heavy (non-hydrogen) atoms. The lowest BCUT2D eigenvalue weighted by atomic mass is 10.0. The van der Waals surface area contributed by atoms with E-state index in [1.807, 2.05) is 6.92 Å². The average Bonchev–Trinajstić information content (AvgIpc) is 3.24. The highest BCUT2D eigenvalue weighted by Gasteiger charge is 2.28. The maximum Gasteiger partial charge on any atom is 0.331 e. The first-order chi connectivity index (χ1) is 12.5. The minimum atomic E-state index is -2.81. The minimum absolute atomic E-state index is 0.0127. The zero-order valence-corrected chi connectivity index (χ0v) is 14.8. The number of aliphatic imine (C=N–C) groups is 1. The van der Waals surface area contributed by atoms with E-state index in [1.54, 1.807) is 17.6 Å². The van der Waals surface area contributed by atoms with E-state index in [-0.39, 0.29) is 17.9 Å².